The zero-order valence-electron chi connectivity index (χ0n) is 14.9. The van der Waals surface area contributed by atoms with Gasteiger partial charge in [0.25, 0.3) is 0 Å². The van der Waals surface area contributed by atoms with Gasteiger partial charge in [0.15, 0.2) is 0 Å². The van der Waals surface area contributed by atoms with E-state index in [0.717, 1.165) is 56.3 Å². The lowest BCUT2D eigenvalue weighted by molar-refractivity contribution is 0.181. The van der Waals surface area contributed by atoms with Gasteiger partial charge in [0.1, 0.15) is 5.75 Å². The van der Waals surface area contributed by atoms with Crippen LogP contribution in [0.5, 0.6) is 5.75 Å². The molecular formula is C19H25NO4S2. The van der Waals surface area contributed by atoms with Crippen LogP contribution in [0.15, 0.2) is 35.7 Å². The molecule has 0 aliphatic heterocycles. The zero-order chi connectivity index (χ0) is 18.6. The highest BCUT2D eigenvalue weighted by atomic mass is 32.3. The number of benzene rings is 1. The van der Waals surface area contributed by atoms with E-state index in [2.05, 4.69) is 29.3 Å². The fourth-order valence-electron chi connectivity index (χ4n) is 3.73. The zero-order valence-corrected chi connectivity index (χ0v) is 16.6. The Morgan fingerprint density at radius 2 is 2.12 bits per heavy atom. The molecule has 1 aromatic carbocycles. The monoisotopic (exact) mass is 395 g/mol. The Hall–Kier alpha value is -1.41. The van der Waals surface area contributed by atoms with Crippen LogP contribution < -0.4 is 4.18 Å². The van der Waals surface area contributed by atoms with Gasteiger partial charge in [-0.05, 0) is 67.3 Å². The van der Waals surface area contributed by atoms with E-state index in [1.807, 2.05) is 6.07 Å². The standard InChI is InChI=1S/C19H25NO4S2/c1-2-11-20(12-10-17-6-4-13-25-17)16-8-9-18-15(14-16)5-3-7-19(18)24-26(21,22)23/h3-7,13,16H,2,8-12,14H2,1H3,(H,21,22,23). The molecule has 5 nitrogen and oxygen atoms in total. The van der Waals surface area contributed by atoms with Crippen molar-refractivity contribution in [2.45, 2.75) is 45.1 Å². The molecule has 1 aliphatic carbocycles. The Kier molecular flexibility index (Phi) is 6.34. The maximum Gasteiger partial charge on any atom is 0.446 e. The molecule has 7 heteroatoms. The Morgan fingerprint density at radius 3 is 2.81 bits per heavy atom. The number of hydrogen-bond acceptors (Lipinski definition) is 5. The average Bonchev–Trinajstić information content (AvgIpc) is 3.10. The highest BCUT2D eigenvalue weighted by molar-refractivity contribution is 7.81. The maximum absolute atomic E-state index is 11.1. The lowest BCUT2D eigenvalue weighted by Crippen LogP contribution is -2.41. The van der Waals surface area contributed by atoms with Gasteiger partial charge in [-0.3, -0.25) is 9.45 Å². The smallest absolute Gasteiger partial charge is 0.362 e. The first-order valence-corrected chi connectivity index (χ1v) is 11.2. The molecule has 1 heterocycles. The molecule has 0 saturated heterocycles. The van der Waals surface area contributed by atoms with Gasteiger partial charge < -0.3 is 4.18 Å². The second kappa shape index (κ2) is 8.52. The van der Waals surface area contributed by atoms with E-state index in [-0.39, 0.29) is 5.75 Å². The molecule has 0 amide bonds. The summed E-state index contributed by atoms with van der Waals surface area (Å²) in [6.07, 6.45) is 4.77. The summed E-state index contributed by atoms with van der Waals surface area (Å²) in [5, 5.41) is 2.12. The van der Waals surface area contributed by atoms with Crippen molar-refractivity contribution in [3.63, 3.8) is 0 Å². The third kappa shape index (κ3) is 5.07. The highest BCUT2D eigenvalue weighted by Crippen LogP contribution is 2.32. The molecule has 1 aliphatic rings. The predicted octanol–water partition coefficient (Wildman–Crippen LogP) is 3.74. The Balaban J connectivity index is 1.72. The van der Waals surface area contributed by atoms with E-state index in [9.17, 15) is 8.42 Å². The van der Waals surface area contributed by atoms with E-state index in [4.69, 9.17) is 8.74 Å². The van der Waals surface area contributed by atoms with Crippen molar-refractivity contribution in [3.05, 3.63) is 51.7 Å². The van der Waals surface area contributed by atoms with Crippen LogP contribution in [0.2, 0.25) is 0 Å². The van der Waals surface area contributed by atoms with Crippen molar-refractivity contribution in [2.24, 2.45) is 0 Å². The van der Waals surface area contributed by atoms with E-state index in [1.54, 1.807) is 23.5 Å². The van der Waals surface area contributed by atoms with E-state index >= 15 is 0 Å². The molecule has 0 spiro atoms. The SMILES string of the molecule is CCCN(CCc1cccs1)C1CCc2c(cccc2OS(=O)(=O)O)C1. The summed E-state index contributed by atoms with van der Waals surface area (Å²) >= 11 is 1.80. The molecule has 0 bridgehead atoms. The van der Waals surface area contributed by atoms with Crippen LogP contribution in [0, 0.1) is 0 Å². The van der Waals surface area contributed by atoms with Crippen LogP contribution in [-0.4, -0.2) is 37.0 Å². The second-order valence-corrected chi connectivity index (χ2v) is 8.72. The summed E-state index contributed by atoms with van der Waals surface area (Å²) in [4.78, 5) is 3.96. The summed E-state index contributed by atoms with van der Waals surface area (Å²) in [7, 11) is -4.49. The molecule has 26 heavy (non-hydrogen) atoms. The van der Waals surface area contributed by atoms with Gasteiger partial charge in [-0.15, -0.1) is 11.3 Å². The highest BCUT2D eigenvalue weighted by Gasteiger charge is 2.26. The van der Waals surface area contributed by atoms with Gasteiger partial charge in [0.2, 0.25) is 0 Å². The van der Waals surface area contributed by atoms with Crippen LogP contribution in [0.3, 0.4) is 0 Å². The minimum absolute atomic E-state index is 0.254. The topological polar surface area (TPSA) is 66.8 Å². The molecule has 2 aromatic rings. The van der Waals surface area contributed by atoms with Crippen molar-refractivity contribution in [2.75, 3.05) is 13.1 Å². The van der Waals surface area contributed by atoms with Crippen LogP contribution >= 0.6 is 11.3 Å². The molecular weight excluding hydrogens is 370 g/mol. The minimum atomic E-state index is -4.49. The number of nitrogens with zero attached hydrogens (tertiary/aromatic N) is 1. The summed E-state index contributed by atoms with van der Waals surface area (Å²) < 4.78 is 35.9. The summed E-state index contributed by atoms with van der Waals surface area (Å²) in [6.45, 7) is 4.30. The molecule has 0 saturated carbocycles. The van der Waals surface area contributed by atoms with Gasteiger partial charge >= 0.3 is 10.4 Å². The molecule has 0 radical (unpaired) electrons. The van der Waals surface area contributed by atoms with Gasteiger partial charge in [0.05, 0.1) is 0 Å². The molecule has 1 unspecified atom stereocenters. The van der Waals surface area contributed by atoms with Crippen molar-refractivity contribution in [1.29, 1.82) is 0 Å². The Bertz CT molecular complexity index is 818. The van der Waals surface area contributed by atoms with Gasteiger partial charge in [-0.2, -0.15) is 8.42 Å². The minimum Gasteiger partial charge on any atom is -0.362 e. The molecule has 142 valence electrons. The molecule has 1 N–H and O–H groups in total. The second-order valence-electron chi connectivity index (χ2n) is 6.67. The predicted molar refractivity (Wildman–Crippen MR) is 104 cm³/mol. The van der Waals surface area contributed by atoms with Crippen molar-refractivity contribution >= 4 is 21.7 Å². The van der Waals surface area contributed by atoms with E-state index in [0.29, 0.717) is 6.04 Å². The summed E-state index contributed by atoms with van der Waals surface area (Å²) in [5.41, 5.74) is 2.01. The molecule has 0 fully saturated rings. The van der Waals surface area contributed by atoms with Crippen LogP contribution in [0.1, 0.15) is 35.8 Å². The fourth-order valence-corrected chi connectivity index (χ4v) is 4.81. The summed E-state index contributed by atoms with van der Waals surface area (Å²) in [6, 6.07) is 10.2. The number of thiophene rings is 1. The van der Waals surface area contributed by atoms with Gasteiger partial charge in [-0.1, -0.05) is 25.1 Å². The molecule has 1 atom stereocenters. The third-order valence-electron chi connectivity index (χ3n) is 4.86. The Labute approximate surface area is 159 Å². The van der Waals surface area contributed by atoms with Crippen molar-refractivity contribution < 1.29 is 17.2 Å². The molecule has 3 rings (SSSR count). The molecule has 1 aromatic heterocycles. The maximum atomic E-state index is 11.1. The largest absolute Gasteiger partial charge is 0.446 e. The Morgan fingerprint density at radius 1 is 1.27 bits per heavy atom. The van der Waals surface area contributed by atoms with Gasteiger partial charge in [-0.25, -0.2) is 0 Å². The van der Waals surface area contributed by atoms with Crippen molar-refractivity contribution in [1.82, 2.24) is 4.90 Å². The average molecular weight is 396 g/mol. The quantitative estimate of drug-likeness (QED) is 0.690. The number of fused-ring (bicyclic) bond motifs is 1. The first-order valence-electron chi connectivity index (χ1n) is 9.00. The number of hydrogen-bond donors (Lipinski definition) is 1. The van der Waals surface area contributed by atoms with E-state index < -0.39 is 10.4 Å². The first kappa shape index (κ1) is 19.4. The van der Waals surface area contributed by atoms with Crippen LogP contribution in [-0.2, 0) is 29.7 Å². The normalized spacial score (nSPS) is 17.3. The first-order chi connectivity index (χ1) is 12.5. The van der Waals surface area contributed by atoms with Crippen molar-refractivity contribution in [3.8, 4) is 5.75 Å². The lowest BCUT2D eigenvalue weighted by atomic mass is 9.86. The number of rotatable bonds is 8. The van der Waals surface area contributed by atoms with Gasteiger partial charge in [0, 0.05) is 17.5 Å². The lowest BCUT2D eigenvalue weighted by Gasteiger charge is -2.35. The third-order valence-corrected chi connectivity index (χ3v) is 6.19. The fraction of sp³-hybridized carbons (Fsp3) is 0.474. The van der Waals surface area contributed by atoms with Crippen LogP contribution in [0.25, 0.3) is 0 Å². The van der Waals surface area contributed by atoms with Crippen LogP contribution in [0.4, 0.5) is 0 Å². The summed E-state index contributed by atoms with van der Waals surface area (Å²) in [5.74, 6) is 0.254. The van der Waals surface area contributed by atoms with E-state index in [1.165, 1.54) is 4.88 Å².